The Morgan fingerprint density at radius 3 is 2.56 bits per heavy atom. The molecule has 0 spiro atoms. The van der Waals surface area contributed by atoms with Crippen molar-refractivity contribution >= 4 is 18.0 Å². The van der Waals surface area contributed by atoms with Gasteiger partial charge in [0.2, 0.25) is 5.91 Å². The van der Waals surface area contributed by atoms with Crippen molar-refractivity contribution < 1.29 is 14.7 Å². The number of amides is 1. The number of rotatable bonds is 7. The third-order valence-corrected chi connectivity index (χ3v) is 2.35. The van der Waals surface area contributed by atoms with Crippen molar-refractivity contribution in [2.24, 2.45) is 5.73 Å². The van der Waals surface area contributed by atoms with Crippen molar-refractivity contribution in [3.63, 3.8) is 0 Å². The number of nitrogens with two attached hydrogens (primary N) is 1. The van der Waals surface area contributed by atoms with Crippen LogP contribution in [0.1, 0.15) is 18.4 Å². The van der Waals surface area contributed by atoms with Gasteiger partial charge < -0.3 is 16.2 Å². The van der Waals surface area contributed by atoms with Crippen LogP contribution < -0.4 is 11.1 Å². The zero-order valence-electron chi connectivity index (χ0n) is 9.87. The van der Waals surface area contributed by atoms with Crippen LogP contribution in [0.4, 0.5) is 0 Å². The number of carbonyl (C=O) groups is 2. The lowest BCUT2D eigenvalue weighted by Crippen LogP contribution is -2.34. The third-order valence-electron chi connectivity index (χ3n) is 2.35. The van der Waals surface area contributed by atoms with Gasteiger partial charge >= 0.3 is 5.97 Å². The second kappa shape index (κ2) is 7.11. The van der Waals surface area contributed by atoms with Gasteiger partial charge in [0.25, 0.3) is 0 Å². The van der Waals surface area contributed by atoms with Gasteiger partial charge in [-0.3, -0.25) is 4.79 Å². The van der Waals surface area contributed by atoms with Gasteiger partial charge in [0.1, 0.15) is 6.04 Å². The SMILES string of the molecule is NC(=O)CC[C@H](NC=Cc1ccccc1)C(=O)O. The molecule has 96 valence electrons. The molecule has 1 aromatic rings. The van der Waals surface area contributed by atoms with Crippen LogP contribution in [0.25, 0.3) is 6.08 Å². The van der Waals surface area contributed by atoms with Crippen molar-refractivity contribution in [2.75, 3.05) is 0 Å². The van der Waals surface area contributed by atoms with Crippen LogP contribution in [-0.2, 0) is 9.59 Å². The number of hydrogen-bond acceptors (Lipinski definition) is 3. The number of carboxylic acids is 1. The molecule has 0 saturated carbocycles. The Kier molecular flexibility index (Phi) is 5.44. The topological polar surface area (TPSA) is 92.4 Å². The molecule has 4 N–H and O–H groups in total. The largest absolute Gasteiger partial charge is 0.480 e. The summed E-state index contributed by atoms with van der Waals surface area (Å²) in [6.07, 6.45) is 3.54. The number of carbonyl (C=O) groups excluding carboxylic acids is 1. The fraction of sp³-hybridized carbons (Fsp3) is 0.231. The van der Waals surface area contributed by atoms with E-state index >= 15 is 0 Å². The predicted octanol–water partition coefficient (Wildman–Crippen LogP) is 0.966. The number of aliphatic carboxylic acids is 1. The Hall–Kier alpha value is -2.30. The molecular formula is C13H16N2O3. The summed E-state index contributed by atoms with van der Waals surface area (Å²) in [6.45, 7) is 0. The quantitative estimate of drug-likeness (QED) is 0.670. The average Bonchev–Trinajstić information content (AvgIpc) is 2.34. The summed E-state index contributed by atoms with van der Waals surface area (Å²) < 4.78 is 0. The smallest absolute Gasteiger partial charge is 0.326 e. The van der Waals surface area contributed by atoms with Gasteiger partial charge in [-0.05, 0) is 24.3 Å². The van der Waals surface area contributed by atoms with Gasteiger partial charge in [-0.25, -0.2) is 4.79 Å². The second-order valence-corrected chi connectivity index (χ2v) is 3.81. The molecule has 5 heteroatoms. The molecule has 5 nitrogen and oxygen atoms in total. The molecule has 1 atom stereocenters. The van der Waals surface area contributed by atoms with Crippen LogP contribution in [0.15, 0.2) is 36.5 Å². The highest BCUT2D eigenvalue weighted by atomic mass is 16.4. The fourth-order valence-corrected chi connectivity index (χ4v) is 1.39. The highest BCUT2D eigenvalue weighted by Crippen LogP contribution is 2.01. The van der Waals surface area contributed by atoms with Gasteiger partial charge in [-0.1, -0.05) is 30.3 Å². The van der Waals surface area contributed by atoms with E-state index in [2.05, 4.69) is 5.32 Å². The third kappa shape index (κ3) is 5.16. The molecule has 0 unspecified atom stereocenters. The lowest BCUT2D eigenvalue weighted by molar-refractivity contribution is -0.139. The second-order valence-electron chi connectivity index (χ2n) is 3.81. The van der Waals surface area contributed by atoms with E-state index in [0.29, 0.717) is 0 Å². The molecule has 0 radical (unpaired) electrons. The van der Waals surface area contributed by atoms with Crippen LogP contribution >= 0.6 is 0 Å². The number of nitrogens with one attached hydrogen (secondary N) is 1. The molecule has 1 rings (SSSR count). The Balaban J connectivity index is 2.49. The van der Waals surface area contributed by atoms with Gasteiger partial charge in [-0.2, -0.15) is 0 Å². The van der Waals surface area contributed by atoms with E-state index in [1.165, 1.54) is 0 Å². The lowest BCUT2D eigenvalue weighted by atomic mass is 10.1. The summed E-state index contributed by atoms with van der Waals surface area (Å²) in [4.78, 5) is 21.5. The highest BCUT2D eigenvalue weighted by molar-refractivity contribution is 5.77. The van der Waals surface area contributed by atoms with Gasteiger partial charge in [-0.15, -0.1) is 0 Å². The predicted molar refractivity (Wildman–Crippen MR) is 68.5 cm³/mol. The Bertz CT molecular complexity index is 429. The Labute approximate surface area is 105 Å². The lowest BCUT2D eigenvalue weighted by Gasteiger charge is -2.11. The van der Waals surface area contributed by atoms with E-state index in [4.69, 9.17) is 10.8 Å². The Morgan fingerprint density at radius 2 is 2.00 bits per heavy atom. The van der Waals surface area contributed by atoms with Gasteiger partial charge in [0, 0.05) is 6.42 Å². The molecule has 0 heterocycles. The summed E-state index contributed by atoms with van der Waals surface area (Å²) in [5, 5.41) is 11.7. The zero-order chi connectivity index (χ0) is 13.4. The molecule has 0 bridgehead atoms. The van der Waals surface area contributed by atoms with Crippen LogP contribution in [0.5, 0.6) is 0 Å². The summed E-state index contributed by atoms with van der Waals surface area (Å²) in [5.74, 6) is -1.51. The number of hydrogen-bond donors (Lipinski definition) is 3. The van der Waals surface area contributed by atoms with Gasteiger partial charge in [0.15, 0.2) is 0 Å². The summed E-state index contributed by atoms with van der Waals surface area (Å²) in [5.41, 5.74) is 5.95. The number of carboxylic acid groups (broad SMARTS) is 1. The normalized spacial score (nSPS) is 12.2. The van der Waals surface area contributed by atoms with E-state index in [9.17, 15) is 9.59 Å². The highest BCUT2D eigenvalue weighted by Gasteiger charge is 2.15. The Morgan fingerprint density at radius 1 is 1.33 bits per heavy atom. The molecule has 0 aromatic heterocycles. The molecule has 18 heavy (non-hydrogen) atoms. The van der Waals surface area contributed by atoms with E-state index < -0.39 is 17.9 Å². The van der Waals surface area contributed by atoms with Crippen LogP contribution in [0.2, 0.25) is 0 Å². The van der Waals surface area contributed by atoms with E-state index in [-0.39, 0.29) is 12.8 Å². The first-order valence-corrected chi connectivity index (χ1v) is 5.58. The van der Waals surface area contributed by atoms with Crippen LogP contribution in [0, 0.1) is 0 Å². The van der Waals surface area contributed by atoms with Crippen LogP contribution in [0.3, 0.4) is 0 Å². The number of benzene rings is 1. The molecule has 0 aliphatic carbocycles. The first kappa shape index (κ1) is 13.8. The van der Waals surface area contributed by atoms with Gasteiger partial charge in [0.05, 0.1) is 0 Å². The van der Waals surface area contributed by atoms with Crippen molar-refractivity contribution in [1.29, 1.82) is 0 Å². The first-order chi connectivity index (χ1) is 8.59. The van der Waals surface area contributed by atoms with E-state index in [0.717, 1.165) is 5.56 Å². The summed E-state index contributed by atoms with van der Waals surface area (Å²) in [6, 6.07) is 8.67. The maximum absolute atomic E-state index is 10.9. The molecule has 1 aromatic carbocycles. The molecule has 0 fully saturated rings. The monoisotopic (exact) mass is 248 g/mol. The van der Waals surface area contributed by atoms with Crippen LogP contribution in [-0.4, -0.2) is 23.0 Å². The van der Waals surface area contributed by atoms with Crippen molar-refractivity contribution in [1.82, 2.24) is 5.32 Å². The maximum Gasteiger partial charge on any atom is 0.326 e. The van der Waals surface area contributed by atoms with Crippen molar-refractivity contribution in [3.8, 4) is 0 Å². The molecule has 0 saturated heterocycles. The fourth-order valence-electron chi connectivity index (χ4n) is 1.39. The minimum absolute atomic E-state index is 0.0448. The first-order valence-electron chi connectivity index (χ1n) is 5.58. The molecule has 1 amide bonds. The van der Waals surface area contributed by atoms with Crippen molar-refractivity contribution in [2.45, 2.75) is 18.9 Å². The minimum atomic E-state index is -1.01. The molecule has 0 aliphatic heterocycles. The summed E-state index contributed by atoms with van der Waals surface area (Å²) >= 11 is 0. The average molecular weight is 248 g/mol. The maximum atomic E-state index is 10.9. The summed E-state index contributed by atoms with van der Waals surface area (Å²) in [7, 11) is 0. The minimum Gasteiger partial charge on any atom is -0.480 e. The number of primary amides is 1. The molecular weight excluding hydrogens is 232 g/mol. The van der Waals surface area contributed by atoms with E-state index in [1.807, 2.05) is 30.3 Å². The van der Waals surface area contributed by atoms with E-state index in [1.54, 1.807) is 12.3 Å². The standard InChI is InChI=1S/C13H16N2O3/c14-12(16)7-6-11(13(17)18)15-9-8-10-4-2-1-3-5-10/h1-5,8-9,11,15H,6-7H2,(H2,14,16)(H,17,18)/t11-/m0/s1. The molecule has 0 aliphatic rings. The zero-order valence-corrected chi connectivity index (χ0v) is 9.87. The van der Waals surface area contributed by atoms with Crippen molar-refractivity contribution in [3.05, 3.63) is 42.1 Å².